The predicted octanol–water partition coefficient (Wildman–Crippen LogP) is 6.03. The molecule has 4 aromatic rings. The Morgan fingerprint density at radius 1 is 0.895 bits per heavy atom. The Kier molecular flexibility index (Phi) is 8.22. The maximum atomic E-state index is 12.7. The summed E-state index contributed by atoms with van der Waals surface area (Å²) in [6.07, 6.45) is 2.47. The van der Waals surface area contributed by atoms with Gasteiger partial charge in [0.05, 0.1) is 12.8 Å². The zero-order chi connectivity index (χ0) is 27.1. The fourth-order valence-electron chi connectivity index (χ4n) is 4.29. The Hall–Kier alpha value is -4.45. The van der Waals surface area contributed by atoms with Crippen molar-refractivity contribution >= 4 is 11.9 Å². The Morgan fingerprint density at radius 2 is 1.63 bits per heavy atom. The molecular formula is C32H32N2O4. The fourth-order valence-corrected chi connectivity index (χ4v) is 4.29. The smallest absolute Gasteiger partial charge is 0.349 e. The number of aromatic nitrogens is 1. The number of esters is 1. The van der Waals surface area contributed by atoms with E-state index < -0.39 is 11.6 Å². The molecule has 1 N–H and O–H groups in total. The lowest BCUT2D eigenvalue weighted by Gasteiger charge is -2.23. The van der Waals surface area contributed by atoms with Gasteiger partial charge in [-0.2, -0.15) is 0 Å². The number of ether oxygens (including phenoxy) is 2. The minimum absolute atomic E-state index is 0.120. The highest BCUT2D eigenvalue weighted by atomic mass is 16.6. The topological polar surface area (TPSA) is 77.5 Å². The zero-order valence-corrected chi connectivity index (χ0v) is 22.2. The van der Waals surface area contributed by atoms with E-state index in [0.29, 0.717) is 24.3 Å². The van der Waals surface area contributed by atoms with Gasteiger partial charge in [0.25, 0.3) is 5.91 Å². The van der Waals surface area contributed by atoms with Crippen LogP contribution in [0.3, 0.4) is 0 Å². The first-order valence-corrected chi connectivity index (χ1v) is 12.5. The van der Waals surface area contributed by atoms with Gasteiger partial charge < -0.3 is 14.8 Å². The maximum absolute atomic E-state index is 12.7. The highest BCUT2D eigenvalue weighted by Gasteiger charge is 2.31. The standard InChI is InChI=1S/C32H32N2O4/c1-22-8-7-9-27(29(22)28-10-5-6-20-33-28)24-13-15-25(16-14-24)30(35)34-21-19-23-11-17-26(18-12-23)38-32(2,3)31(36)37-4/h5-18,20H,19,21H2,1-4H3,(H,34,35). The van der Waals surface area contributed by atoms with Crippen molar-refractivity contribution in [2.24, 2.45) is 0 Å². The molecule has 0 aliphatic heterocycles. The average molecular weight is 509 g/mol. The number of aryl methyl sites for hydroxylation is 1. The quantitative estimate of drug-likeness (QED) is 0.280. The lowest BCUT2D eigenvalue weighted by molar-refractivity contribution is -0.156. The van der Waals surface area contributed by atoms with E-state index in [-0.39, 0.29) is 5.91 Å². The number of pyridine rings is 1. The second-order valence-corrected chi connectivity index (χ2v) is 9.54. The van der Waals surface area contributed by atoms with Crippen LogP contribution in [0.4, 0.5) is 0 Å². The SMILES string of the molecule is COC(=O)C(C)(C)Oc1ccc(CCNC(=O)c2ccc(-c3cccc(C)c3-c3ccccn3)cc2)cc1. The highest BCUT2D eigenvalue weighted by Crippen LogP contribution is 2.33. The summed E-state index contributed by atoms with van der Waals surface area (Å²) >= 11 is 0. The summed E-state index contributed by atoms with van der Waals surface area (Å²) in [5.41, 5.74) is 5.86. The number of nitrogens with zero attached hydrogens (tertiary/aromatic N) is 1. The molecule has 0 atom stereocenters. The van der Waals surface area contributed by atoms with Crippen LogP contribution < -0.4 is 10.1 Å². The molecule has 0 unspecified atom stereocenters. The van der Waals surface area contributed by atoms with Gasteiger partial charge in [0, 0.05) is 23.9 Å². The van der Waals surface area contributed by atoms with E-state index in [9.17, 15) is 9.59 Å². The van der Waals surface area contributed by atoms with Gasteiger partial charge in [-0.1, -0.05) is 48.5 Å². The lowest BCUT2D eigenvalue weighted by Crippen LogP contribution is -2.39. The first-order chi connectivity index (χ1) is 18.3. The third kappa shape index (κ3) is 6.27. The molecule has 6 nitrogen and oxygen atoms in total. The summed E-state index contributed by atoms with van der Waals surface area (Å²) in [5.74, 6) is 0.0171. The molecule has 0 aliphatic rings. The molecule has 0 saturated carbocycles. The Morgan fingerprint density at radius 3 is 2.29 bits per heavy atom. The van der Waals surface area contributed by atoms with Gasteiger partial charge in [0.2, 0.25) is 0 Å². The summed E-state index contributed by atoms with van der Waals surface area (Å²) in [6.45, 7) is 5.90. The van der Waals surface area contributed by atoms with E-state index in [0.717, 1.165) is 33.5 Å². The molecule has 4 rings (SSSR count). The molecule has 0 bridgehead atoms. The summed E-state index contributed by atoms with van der Waals surface area (Å²) in [4.78, 5) is 29.1. The zero-order valence-electron chi connectivity index (χ0n) is 22.2. The van der Waals surface area contributed by atoms with Crippen molar-refractivity contribution in [2.45, 2.75) is 32.8 Å². The third-order valence-electron chi connectivity index (χ3n) is 6.32. The van der Waals surface area contributed by atoms with Crippen molar-refractivity contribution in [3.05, 3.63) is 108 Å². The molecule has 194 valence electrons. The van der Waals surface area contributed by atoms with Crippen LogP contribution in [0.1, 0.15) is 35.3 Å². The Bertz CT molecular complexity index is 1400. The molecule has 38 heavy (non-hydrogen) atoms. The van der Waals surface area contributed by atoms with Gasteiger partial charge in [-0.15, -0.1) is 0 Å². The predicted molar refractivity (Wildman–Crippen MR) is 149 cm³/mol. The number of hydrogen-bond donors (Lipinski definition) is 1. The molecule has 0 saturated heterocycles. The number of methoxy groups -OCH3 is 1. The van der Waals surface area contributed by atoms with E-state index >= 15 is 0 Å². The van der Waals surface area contributed by atoms with Crippen LogP contribution >= 0.6 is 0 Å². The number of amides is 1. The van der Waals surface area contributed by atoms with Crippen LogP contribution in [0.5, 0.6) is 5.75 Å². The van der Waals surface area contributed by atoms with Crippen LogP contribution in [0.15, 0.2) is 91.1 Å². The fraction of sp³-hybridized carbons (Fsp3) is 0.219. The van der Waals surface area contributed by atoms with Crippen LogP contribution in [0.2, 0.25) is 0 Å². The number of carbonyl (C=O) groups excluding carboxylic acids is 2. The molecule has 0 radical (unpaired) electrons. The summed E-state index contributed by atoms with van der Waals surface area (Å²) in [6, 6.07) is 27.2. The third-order valence-corrected chi connectivity index (χ3v) is 6.32. The summed E-state index contributed by atoms with van der Waals surface area (Å²) in [7, 11) is 1.34. The largest absolute Gasteiger partial charge is 0.476 e. The Balaban J connectivity index is 1.36. The lowest BCUT2D eigenvalue weighted by atomic mass is 9.93. The second kappa shape index (κ2) is 11.7. The number of benzene rings is 3. The highest BCUT2D eigenvalue weighted by molar-refractivity contribution is 5.95. The van der Waals surface area contributed by atoms with Crippen molar-refractivity contribution in [2.75, 3.05) is 13.7 Å². The average Bonchev–Trinajstić information content (AvgIpc) is 2.93. The van der Waals surface area contributed by atoms with E-state index in [1.165, 1.54) is 7.11 Å². The summed E-state index contributed by atoms with van der Waals surface area (Å²) in [5, 5.41) is 2.99. The van der Waals surface area contributed by atoms with Crippen LogP contribution in [-0.4, -0.2) is 36.1 Å². The molecule has 1 aromatic heterocycles. The van der Waals surface area contributed by atoms with E-state index in [2.05, 4.69) is 29.4 Å². The molecule has 0 aliphatic carbocycles. The second-order valence-electron chi connectivity index (χ2n) is 9.54. The molecule has 6 heteroatoms. The van der Waals surface area contributed by atoms with E-state index in [1.54, 1.807) is 20.0 Å². The van der Waals surface area contributed by atoms with Crippen LogP contribution in [-0.2, 0) is 16.0 Å². The molecule has 1 heterocycles. The number of nitrogens with one attached hydrogen (secondary N) is 1. The molecule has 0 spiro atoms. The first-order valence-electron chi connectivity index (χ1n) is 12.5. The maximum Gasteiger partial charge on any atom is 0.349 e. The van der Waals surface area contributed by atoms with Gasteiger partial charge in [0.1, 0.15) is 5.75 Å². The molecule has 3 aromatic carbocycles. The van der Waals surface area contributed by atoms with Gasteiger partial charge in [0.15, 0.2) is 5.60 Å². The van der Waals surface area contributed by atoms with Gasteiger partial charge >= 0.3 is 5.97 Å². The van der Waals surface area contributed by atoms with Crippen molar-refractivity contribution in [3.8, 4) is 28.1 Å². The van der Waals surface area contributed by atoms with Crippen molar-refractivity contribution in [1.82, 2.24) is 10.3 Å². The Labute approximate surface area is 223 Å². The van der Waals surface area contributed by atoms with E-state index in [1.807, 2.05) is 72.8 Å². The molecule has 0 fully saturated rings. The normalized spacial score (nSPS) is 11.1. The number of carbonyl (C=O) groups is 2. The number of rotatable bonds is 9. The van der Waals surface area contributed by atoms with Crippen LogP contribution in [0, 0.1) is 6.92 Å². The van der Waals surface area contributed by atoms with Gasteiger partial charge in [-0.05, 0) is 85.8 Å². The number of hydrogen-bond acceptors (Lipinski definition) is 5. The van der Waals surface area contributed by atoms with Crippen molar-refractivity contribution in [3.63, 3.8) is 0 Å². The van der Waals surface area contributed by atoms with Crippen LogP contribution in [0.25, 0.3) is 22.4 Å². The van der Waals surface area contributed by atoms with Crippen molar-refractivity contribution in [1.29, 1.82) is 0 Å². The summed E-state index contributed by atoms with van der Waals surface area (Å²) < 4.78 is 10.5. The molecule has 1 amide bonds. The van der Waals surface area contributed by atoms with E-state index in [4.69, 9.17) is 9.47 Å². The monoisotopic (exact) mass is 508 g/mol. The minimum atomic E-state index is -1.07. The van der Waals surface area contributed by atoms with Gasteiger partial charge in [-0.3, -0.25) is 9.78 Å². The minimum Gasteiger partial charge on any atom is -0.476 e. The van der Waals surface area contributed by atoms with Crippen molar-refractivity contribution < 1.29 is 19.1 Å². The molecular weight excluding hydrogens is 476 g/mol. The first kappa shape index (κ1) is 26.6. The van der Waals surface area contributed by atoms with Gasteiger partial charge in [-0.25, -0.2) is 4.79 Å².